The van der Waals surface area contributed by atoms with Crippen LogP contribution in [0, 0.1) is 5.95 Å². The van der Waals surface area contributed by atoms with E-state index in [0.29, 0.717) is 12.4 Å². The molecular weight excluding hydrogens is 257 g/mol. The second-order valence-corrected chi connectivity index (χ2v) is 4.16. The molecule has 0 bridgehead atoms. The van der Waals surface area contributed by atoms with Gasteiger partial charge in [-0.2, -0.15) is 19.4 Å². The van der Waals surface area contributed by atoms with Crippen molar-refractivity contribution < 1.29 is 4.39 Å². The number of hydrogen-bond donors (Lipinski definition) is 1. The van der Waals surface area contributed by atoms with Gasteiger partial charge < -0.3 is 5.32 Å². The van der Waals surface area contributed by atoms with Crippen LogP contribution in [0.25, 0.3) is 5.69 Å². The molecule has 20 heavy (non-hydrogen) atoms. The van der Waals surface area contributed by atoms with Crippen LogP contribution in [-0.4, -0.2) is 20.0 Å². The first-order valence-electron chi connectivity index (χ1n) is 6.14. The number of pyridine rings is 1. The highest BCUT2D eigenvalue weighted by molar-refractivity contribution is 5.34. The first-order chi connectivity index (χ1) is 9.81. The van der Waals surface area contributed by atoms with E-state index in [9.17, 15) is 4.39 Å². The smallest absolute Gasteiger partial charge is 0.214 e. The van der Waals surface area contributed by atoms with E-state index in [1.807, 2.05) is 30.3 Å². The minimum absolute atomic E-state index is 0.434. The molecule has 0 aliphatic heterocycles. The Morgan fingerprint density at radius 1 is 1.05 bits per heavy atom. The number of benzene rings is 1. The highest BCUT2D eigenvalue weighted by atomic mass is 19.1. The number of hydrogen-bond acceptors (Lipinski definition) is 4. The van der Waals surface area contributed by atoms with Gasteiger partial charge in [0.25, 0.3) is 0 Å². The monoisotopic (exact) mass is 269 g/mol. The van der Waals surface area contributed by atoms with Crippen molar-refractivity contribution >= 4 is 5.82 Å². The van der Waals surface area contributed by atoms with Gasteiger partial charge in [-0.15, -0.1) is 0 Å². The fourth-order valence-electron chi connectivity index (χ4n) is 1.75. The van der Waals surface area contributed by atoms with Gasteiger partial charge in [0.15, 0.2) is 0 Å². The summed E-state index contributed by atoms with van der Waals surface area (Å²) in [4.78, 5) is 5.27. The Bertz CT molecular complexity index is 696. The Hall–Kier alpha value is -2.76. The highest BCUT2D eigenvalue weighted by Crippen LogP contribution is 2.07. The van der Waals surface area contributed by atoms with E-state index in [1.165, 1.54) is 6.07 Å². The summed E-state index contributed by atoms with van der Waals surface area (Å²) in [6, 6.07) is 14.2. The molecular formula is C14H12FN5. The van der Waals surface area contributed by atoms with Crippen molar-refractivity contribution in [3.05, 3.63) is 66.4 Å². The number of nitrogens with one attached hydrogen (secondary N) is 1. The standard InChI is InChI=1S/C14H12FN5/c15-13-7-4-8-14(18-13)16-9-11-10-17-20(19-11)12-5-2-1-3-6-12/h1-8,10H,9H2,(H,16,18). The number of para-hydroxylation sites is 1. The summed E-state index contributed by atoms with van der Waals surface area (Å²) >= 11 is 0. The molecule has 5 nitrogen and oxygen atoms in total. The van der Waals surface area contributed by atoms with Crippen LogP contribution in [0.5, 0.6) is 0 Å². The lowest BCUT2D eigenvalue weighted by Crippen LogP contribution is -2.04. The van der Waals surface area contributed by atoms with E-state index in [-0.39, 0.29) is 0 Å². The Balaban J connectivity index is 1.69. The molecule has 0 unspecified atom stereocenters. The van der Waals surface area contributed by atoms with E-state index < -0.39 is 5.95 Å². The average molecular weight is 269 g/mol. The van der Waals surface area contributed by atoms with Crippen LogP contribution in [0.2, 0.25) is 0 Å². The molecule has 6 heteroatoms. The lowest BCUT2D eigenvalue weighted by Gasteiger charge is -2.02. The predicted octanol–water partition coefficient (Wildman–Crippen LogP) is 2.41. The summed E-state index contributed by atoms with van der Waals surface area (Å²) in [6.07, 6.45) is 1.67. The third-order valence-electron chi connectivity index (χ3n) is 2.69. The van der Waals surface area contributed by atoms with Crippen LogP contribution in [0.3, 0.4) is 0 Å². The largest absolute Gasteiger partial charge is 0.364 e. The Kier molecular flexibility index (Phi) is 3.36. The number of halogens is 1. The predicted molar refractivity (Wildman–Crippen MR) is 72.9 cm³/mol. The molecule has 0 radical (unpaired) electrons. The normalized spacial score (nSPS) is 10.4. The highest BCUT2D eigenvalue weighted by Gasteiger charge is 2.03. The molecule has 0 saturated carbocycles. The average Bonchev–Trinajstić information content (AvgIpc) is 2.95. The summed E-state index contributed by atoms with van der Waals surface area (Å²) in [5.74, 6) is -0.0396. The van der Waals surface area contributed by atoms with Gasteiger partial charge in [-0.1, -0.05) is 24.3 Å². The maximum atomic E-state index is 12.9. The van der Waals surface area contributed by atoms with E-state index >= 15 is 0 Å². The lowest BCUT2D eigenvalue weighted by molar-refractivity contribution is 0.585. The van der Waals surface area contributed by atoms with Gasteiger partial charge >= 0.3 is 0 Å². The number of anilines is 1. The lowest BCUT2D eigenvalue weighted by atomic mass is 10.3. The minimum atomic E-state index is -0.511. The molecule has 0 spiro atoms. The fourth-order valence-corrected chi connectivity index (χ4v) is 1.75. The maximum Gasteiger partial charge on any atom is 0.214 e. The summed E-state index contributed by atoms with van der Waals surface area (Å²) in [5, 5.41) is 11.5. The van der Waals surface area contributed by atoms with Crippen LogP contribution in [0.15, 0.2) is 54.7 Å². The third kappa shape index (κ3) is 2.80. The van der Waals surface area contributed by atoms with Crippen LogP contribution >= 0.6 is 0 Å². The van der Waals surface area contributed by atoms with Gasteiger partial charge in [0, 0.05) is 0 Å². The number of rotatable bonds is 4. The summed E-state index contributed by atoms with van der Waals surface area (Å²) < 4.78 is 12.9. The quantitative estimate of drug-likeness (QED) is 0.739. The first kappa shape index (κ1) is 12.3. The first-order valence-corrected chi connectivity index (χ1v) is 6.14. The summed E-state index contributed by atoms with van der Waals surface area (Å²) in [6.45, 7) is 0.434. The molecule has 0 aliphatic carbocycles. The Morgan fingerprint density at radius 2 is 1.90 bits per heavy atom. The van der Waals surface area contributed by atoms with Crippen molar-refractivity contribution in [1.82, 2.24) is 20.0 Å². The zero-order valence-corrected chi connectivity index (χ0v) is 10.6. The topological polar surface area (TPSA) is 55.6 Å². The van der Waals surface area contributed by atoms with E-state index in [1.54, 1.807) is 23.1 Å². The molecule has 3 rings (SSSR count). The molecule has 0 atom stereocenters. The number of nitrogens with zero attached hydrogens (tertiary/aromatic N) is 4. The minimum Gasteiger partial charge on any atom is -0.364 e. The van der Waals surface area contributed by atoms with Crippen LogP contribution in [0.4, 0.5) is 10.2 Å². The van der Waals surface area contributed by atoms with Crippen LogP contribution in [-0.2, 0) is 6.54 Å². The molecule has 0 aliphatic rings. The van der Waals surface area contributed by atoms with Crippen molar-refractivity contribution in [2.24, 2.45) is 0 Å². The molecule has 1 aromatic carbocycles. The van der Waals surface area contributed by atoms with Gasteiger partial charge in [-0.25, -0.2) is 4.98 Å². The molecule has 0 saturated heterocycles. The zero-order chi connectivity index (χ0) is 13.8. The van der Waals surface area contributed by atoms with Crippen molar-refractivity contribution in [2.45, 2.75) is 6.54 Å². The molecule has 0 fully saturated rings. The van der Waals surface area contributed by atoms with Gasteiger partial charge in [-0.05, 0) is 24.3 Å². The zero-order valence-electron chi connectivity index (χ0n) is 10.6. The third-order valence-corrected chi connectivity index (χ3v) is 2.69. The van der Waals surface area contributed by atoms with Crippen molar-refractivity contribution in [1.29, 1.82) is 0 Å². The summed E-state index contributed by atoms with van der Waals surface area (Å²) in [7, 11) is 0. The maximum absolute atomic E-state index is 12.9. The van der Waals surface area contributed by atoms with E-state index in [4.69, 9.17) is 0 Å². The molecule has 2 heterocycles. The fraction of sp³-hybridized carbons (Fsp3) is 0.0714. The molecule has 2 aromatic heterocycles. The van der Waals surface area contributed by atoms with Gasteiger partial charge in [0.2, 0.25) is 5.95 Å². The Labute approximate surface area is 115 Å². The molecule has 0 amide bonds. The van der Waals surface area contributed by atoms with Gasteiger partial charge in [0.1, 0.15) is 11.5 Å². The van der Waals surface area contributed by atoms with Crippen molar-refractivity contribution in [3.8, 4) is 5.69 Å². The van der Waals surface area contributed by atoms with Gasteiger partial charge in [-0.3, -0.25) is 0 Å². The van der Waals surface area contributed by atoms with E-state index in [2.05, 4.69) is 20.5 Å². The number of aromatic nitrogens is 4. The van der Waals surface area contributed by atoms with Gasteiger partial charge in [0.05, 0.1) is 18.4 Å². The Morgan fingerprint density at radius 3 is 2.70 bits per heavy atom. The van der Waals surface area contributed by atoms with Crippen molar-refractivity contribution in [2.75, 3.05) is 5.32 Å². The second kappa shape index (κ2) is 5.48. The van der Waals surface area contributed by atoms with E-state index in [0.717, 1.165) is 11.4 Å². The molecule has 3 aromatic rings. The summed E-state index contributed by atoms with van der Waals surface area (Å²) in [5.41, 5.74) is 1.64. The second-order valence-electron chi connectivity index (χ2n) is 4.16. The van der Waals surface area contributed by atoms with Crippen molar-refractivity contribution in [3.63, 3.8) is 0 Å². The molecule has 1 N–H and O–H groups in total. The van der Waals surface area contributed by atoms with Crippen LogP contribution in [0.1, 0.15) is 5.69 Å². The molecule has 100 valence electrons. The SMILES string of the molecule is Fc1cccc(NCc2cnn(-c3ccccc3)n2)n1. The van der Waals surface area contributed by atoms with Crippen LogP contribution < -0.4 is 5.32 Å².